The molecule has 0 bridgehead atoms. The topological polar surface area (TPSA) is 93.2 Å². The summed E-state index contributed by atoms with van der Waals surface area (Å²) < 4.78 is 36.2. The van der Waals surface area contributed by atoms with Gasteiger partial charge in [-0.15, -0.1) is 0 Å². The highest BCUT2D eigenvalue weighted by Gasteiger charge is 2.23. The Morgan fingerprint density at radius 2 is 1.56 bits per heavy atom. The average molecular weight is 578 g/mol. The minimum atomic E-state index is -4.04. The van der Waals surface area contributed by atoms with Gasteiger partial charge in [0.05, 0.1) is 23.3 Å². The molecular weight excluding hydrogens is 560 g/mol. The number of aromatic nitrogens is 2. The number of nitrogens with one attached hydrogen (secondary N) is 2. The third-order valence-corrected chi connectivity index (χ3v) is 6.97. The maximum atomic E-state index is 13.3. The molecule has 0 aliphatic heterocycles. The highest BCUT2D eigenvalue weighted by molar-refractivity contribution is 9.10. The van der Waals surface area contributed by atoms with Crippen LogP contribution in [-0.2, 0) is 10.0 Å². The Morgan fingerprint density at radius 1 is 0.906 bits per heavy atom. The monoisotopic (exact) mass is 576 g/mol. The molecule has 0 radical (unpaired) electrons. The van der Waals surface area contributed by atoms with Crippen LogP contribution in [0.15, 0.2) is 80.6 Å². The fourth-order valence-electron chi connectivity index (χ4n) is 3.00. The number of fused-ring (bicyclic) bond motifs is 1. The Kier molecular flexibility index (Phi) is 6.63. The molecule has 0 spiro atoms. The number of hydrogen-bond donors (Lipinski definition) is 2. The molecule has 4 aromatic rings. The number of rotatable bonds is 7. The molecule has 0 amide bonds. The summed E-state index contributed by atoms with van der Waals surface area (Å²) in [7, 11) is -4.04. The van der Waals surface area contributed by atoms with Gasteiger partial charge in [0.15, 0.2) is 11.6 Å². The van der Waals surface area contributed by atoms with Crippen molar-refractivity contribution >= 4 is 70.2 Å². The summed E-state index contributed by atoms with van der Waals surface area (Å²) in [4.78, 5) is 9.13. The van der Waals surface area contributed by atoms with Crippen molar-refractivity contribution in [2.24, 2.45) is 0 Å². The molecular formula is C22H18Br2N4O3S. The molecule has 0 unspecified atom stereocenters. The summed E-state index contributed by atoms with van der Waals surface area (Å²) >= 11 is 6.82. The largest absolute Gasteiger partial charge is 0.492 e. The van der Waals surface area contributed by atoms with Crippen LogP contribution in [0.25, 0.3) is 11.0 Å². The maximum absolute atomic E-state index is 13.3. The minimum absolute atomic E-state index is 0.00414. The molecule has 1 aromatic heterocycles. The van der Waals surface area contributed by atoms with Gasteiger partial charge < -0.3 is 10.1 Å². The molecule has 0 saturated heterocycles. The number of hydrogen-bond acceptors (Lipinski definition) is 6. The van der Waals surface area contributed by atoms with Gasteiger partial charge >= 0.3 is 0 Å². The van der Waals surface area contributed by atoms with Crippen molar-refractivity contribution in [1.82, 2.24) is 9.97 Å². The van der Waals surface area contributed by atoms with Crippen molar-refractivity contribution in [3.63, 3.8) is 0 Å². The lowest BCUT2D eigenvalue weighted by Gasteiger charge is -2.16. The minimum Gasteiger partial charge on any atom is -0.492 e. The summed E-state index contributed by atoms with van der Waals surface area (Å²) in [6.45, 7) is 2.12. The van der Waals surface area contributed by atoms with E-state index in [0.29, 0.717) is 22.1 Å². The van der Waals surface area contributed by atoms with Gasteiger partial charge in [0.2, 0.25) is 0 Å². The van der Waals surface area contributed by atoms with Gasteiger partial charge in [0.25, 0.3) is 10.0 Å². The van der Waals surface area contributed by atoms with Crippen LogP contribution in [0.3, 0.4) is 0 Å². The summed E-state index contributed by atoms with van der Waals surface area (Å²) in [6, 6.07) is 19.5. The predicted octanol–water partition coefficient (Wildman–Crippen LogP) is 6.10. The Morgan fingerprint density at radius 3 is 2.25 bits per heavy atom. The molecule has 0 aliphatic carbocycles. The number of benzene rings is 3. The third kappa shape index (κ3) is 4.87. The van der Waals surface area contributed by atoms with Crippen molar-refractivity contribution < 1.29 is 13.2 Å². The van der Waals surface area contributed by atoms with E-state index in [1.54, 1.807) is 25.1 Å². The maximum Gasteiger partial charge on any atom is 0.266 e. The second-order valence-electron chi connectivity index (χ2n) is 6.64. The summed E-state index contributed by atoms with van der Waals surface area (Å²) in [6.07, 6.45) is 0. The average Bonchev–Trinajstić information content (AvgIpc) is 2.77. The molecule has 0 fully saturated rings. The SMILES string of the molecule is CCOc1ccc(Br)cc1S(=O)(=O)Nc1nc2ccccc2nc1Nc1ccccc1Br. The lowest BCUT2D eigenvalue weighted by atomic mass is 10.3. The van der Waals surface area contributed by atoms with Gasteiger partial charge in [-0.2, -0.15) is 0 Å². The quantitative estimate of drug-likeness (QED) is 0.276. The van der Waals surface area contributed by atoms with Crippen LogP contribution in [-0.4, -0.2) is 25.0 Å². The number of sulfonamides is 1. The second kappa shape index (κ2) is 9.43. The van der Waals surface area contributed by atoms with E-state index in [1.807, 2.05) is 42.5 Å². The van der Waals surface area contributed by atoms with E-state index in [4.69, 9.17) is 4.74 Å². The van der Waals surface area contributed by atoms with Crippen molar-refractivity contribution in [1.29, 1.82) is 0 Å². The normalized spacial score (nSPS) is 11.3. The van der Waals surface area contributed by atoms with Crippen LogP contribution in [0.2, 0.25) is 0 Å². The van der Waals surface area contributed by atoms with Crippen LogP contribution < -0.4 is 14.8 Å². The molecule has 32 heavy (non-hydrogen) atoms. The number of para-hydroxylation sites is 3. The molecule has 1 heterocycles. The molecule has 3 aromatic carbocycles. The van der Waals surface area contributed by atoms with Crippen LogP contribution in [0.5, 0.6) is 5.75 Å². The smallest absolute Gasteiger partial charge is 0.266 e. The lowest BCUT2D eigenvalue weighted by molar-refractivity contribution is 0.331. The van der Waals surface area contributed by atoms with E-state index in [0.717, 1.165) is 10.2 Å². The van der Waals surface area contributed by atoms with Crippen LogP contribution in [0.1, 0.15) is 6.92 Å². The third-order valence-electron chi connectivity index (χ3n) is 4.42. The predicted molar refractivity (Wildman–Crippen MR) is 133 cm³/mol. The number of ether oxygens (including phenoxy) is 1. The van der Waals surface area contributed by atoms with Gasteiger partial charge in [-0.3, -0.25) is 4.72 Å². The van der Waals surface area contributed by atoms with E-state index < -0.39 is 10.0 Å². The molecule has 4 rings (SSSR count). The van der Waals surface area contributed by atoms with E-state index in [-0.39, 0.29) is 22.3 Å². The highest BCUT2D eigenvalue weighted by atomic mass is 79.9. The number of halogens is 2. The number of anilines is 3. The van der Waals surface area contributed by atoms with Crippen LogP contribution in [0.4, 0.5) is 17.3 Å². The van der Waals surface area contributed by atoms with Gasteiger partial charge in [0, 0.05) is 8.95 Å². The van der Waals surface area contributed by atoms with Crippen molar-refractivity contribution in [3.8, 4) is 5.75 Å². The zero-order chi connectivity index (χ0) is 22.7. The van der Waals surface area contributed by atoms with Crippen LogP contribution >= 0.6 is 31.9 Å². The summed E-state index contributed by atoms with van der Waals surface area (Å²) in [5, 5.41) is 3.17. The van der Waals surface area contributed by atoms with E-state index in [2.05, 4.69) is 51.9 Å². The van der Waals surface area contributed by atoms with E-state index in [9.17, 15) is 8.42 Å². The second-order valence-corrected chi connectivity index (χ2v) is 10.1. The van der Waals surface area contributed by atoms with Crippen molar-refractivity contribution in [2.45, 2.75) is 11.8 Å². The standard InChI is InChI=1S/C22H18Br2N4O3S/c1-2-31-19-12-11-14(23)13-20(19)32(29,30)28-22-21(25-16-8-4-3-7-15(16)24)26-17-9-5-6-10-18(17)27-22/h3-13H,2H2,1H3,(H,25,26)(H,27,28). The van der Waals surface area contributed by atoms with E-state index >= 15 is 0 Å². The molecule has 0 aliphatic rings. The zero-order valence-corrected chi connectivity index (χ0v) is 20.8. The first kappa shape index (κ1) is 22.5. The first-order chi connectivity index (χ1) is 15.4. The van der Waals surface area contributed by atoms with Gasteiger partial charge in [-0.25, -0.2) is 18.4 Å². The first-order valence-corrected chi connectivity index (χ1v) is 12.7. The summed E-state index contributed by atoms with van der Waals surface area (Å²) in [5.41, 5.74) is 1.90. The van der Waals surface area contributed by atoms with Crippen molar-refractivity contribution in [3.05, 3.63) is 75.7 Å². The van der Waals surface area contributed by atoms with Crippen LogP contribution in [0, 0.1) is 0 Å². The van der Waals surface area contributed by atoms with Gasteiger partial charge in [-0.05, 0) is 65.3 Å². The van der Waals surface area contributed by atoms with E-state index in [1.165, 1.54) is 6.07 Å². The molecule has 2 N–H and O–H groups in total. The Labute approximate surface area is 202 Å². The zero-order valence-electron chi connectivity index (χ0n) is 16.8. The van der Waals surface area contributed by atoms with Crippen molar-refractivity contribution in [2.75, 3.05) is 16.6 Å². The summed E-state index contributed by atoms with van der Waals surface area (Å²) in [5.74, 6) is 0.589. The molecule has 7 nitrogen and oxygen atoms in total. The number of nitrogens with zero attached hydrogens (tertiary/aromatic N) is 2. The molecule has 0 atom stereocenters. The Bertz CT molecular complexity index is 1400. The molecule has 0 saturated carbocycles. The Balaban J connectivity index is 1.81. The molecule has 164 valence electrons. The Hall–Kier alpha value is -2.69. The highest BCUT2D eigenvalue weighted by Crippen LogP contribution is 2.33. The molecule has 10 heteroatoms. The van der Waals surface area contributed by atoms with Gasteiger partial charge in [-0.1, -0.05) is 40.2 Å². The lowest BCUT2D eigenvalue weighted by Crippen LogP contribution is -2.17. The first-order valence-electron chi connectivity index (χ1n) is 9.61. The fourth-order valence-corrected chi connectivity index (χ4v) is 5.07. The van der Waals surface area contributed by atoms with Gasteiger partial charge in [0.1, 0.15) is 10.6 Å². The fraction of sp³-hybridized carbons (Fsp3) is 0.0909.